The van der Waals surface area contributed by atoms with E-state index in [1.165, 1.54) is 30.5 Å². The standard InChI is InChI=1S/C14H22N2OS/c1-4-14(2,17-3)13-15-11-9-7-5-6-8-10(11)12(18)16-13/h4-9H2,1-3H3,(H,15,16,18). The van der Waals surface area contributed by atoms with Gasteiger partial charge in [0.05, 0.1) is 0 Å². The van der Waals surface area contributed by atoms with Crippen molar-refractivity contribution in [1.82, 2.24) is 9.97 Å². The van der Waals surface area contributed by atoms with Crippen molar-refractivity contribution in [2.45, 2.75) is 58.0 Å². The molecule has 3 nitrogen and oxygen atoms in total. The highest BCUT2D eigenvalue weighted by molar-refractivity contribution is 7.71. The molecule has 0 aliphatic heterocycles. The van der Waals surface area contributed by atoms with Gasteiger partial charge in [0, 0.05) is 18.4 Å². The molecule has 0 amide bonds. The highest BCUT2D eigenvalue weighted by Crippen LogP contribution is 2.27. The number of ether oxygens (including phenoxy) is 1. The normalized spacial score (nSPS) is 18.8. The van der Waals surface area contributed by atoms with E-state index in [0.717, 1.165) is 29.7 Å². The molecule has 1 N–H and O–H groups in total. The first-order valence-corrected chi connectivity index (χ1v) is 7.19. The zero-order chi connectivity index (χ0) is 13.2. The second kappa shape index (κ2) is 5.49. The molecule has 1 aromatic rings. The highest BCUT2D eigenvalue weighted by Gasteiger charge is 2.28. The molecule has 1 aromatic heterocycles. The summed E-state index contributed by atoms with van der Waals surface area (Å²) < 4.78 is 6.37. The molecular weight excluding hydrogens is 244 g/mol. The van der Waals surface area contributed by atoms with Gasteiger partial charge >= 0.3 is 0 Å². The molecule has 1 unspecified atom stereocenters. The third kappa shape index (κ3) is 2.50. The van der Waals surface area contributed by atoms with Gasteiger partial charge in [0.25, 0.3) is 0 Å². The predicted molar refractivity (Wildman–Crippen MR) is 75.3 cm³/mol. The van der Waals surface area contributed by atoms with Crippen LogP contribution in [0.25, 0.3) is 0 Å². The van der Waals surface area contributed by atoms with E-state index in [1.807, 2.05) is 0 Å². The van der Waals surface area contributed by atoms with Crippen LogP contribution in [0.5, 0.6) is 0 Å². The van der Waals surface area contributed by atoms with E-state index < -0.39 is 0 Å². The monoisotopic (exact) mass is 266 g/mol. The zero-order valence-corrected chi connectivity index (χ0v) is 12.3. The fourth-order valence-corrected chi connectivity index (χ4v) is 2.77. The van der Waals surface area contributed by atoms with Crippen molar-refractivity contribution >= 4 is 12.2 Å². The van der Waals surface area contributed by atoms with Crippen molar-refractivity contribution in [3.63, 3.8) is 0 Å². The van der Waals surface area contributed by atoms with Crippen LogP contribution in [0.1, 0.15) is 56.6 Å². The lowest BCUT2D eigenvalue weighted by atomic mass is 10.0. The summed E-state index contributed by atoms with van der Waals surface area (Å²) in [6.07, 6.45) is 6.76. The van der Waals surface area contributed by atoms with Gasteiger partial charge in [-0.1, -0.05) is 25.6 Å². The van der Waals surface area contributed by atoms with Crippen LogP contribution in [0.15, 0.2) is 0 Å². The van der Waals surface area contributed by atoms with Crippen molar-refractivity contribution in [2.75, 3.05) is 7.11 Å². The number of hydrogen-bond acceptors (Lipinski definition) is 3. The minimum Gasteiger partial charge on any atom is -0.371 e. The molecule has 18 heavy (non-hydrogen) atoms. The lowest BCUT2D eigenvalue weighted by Gasteiger charge is -2.26. The number of aryl methyl sites for hydroxylation is 1. The Balaban J connectivity index is 2.50. The molecule has 0 spiro atoms. The third-order valence-electron chi connectivity index (χ3n) is 4.08. The van der Waals surface area contributed by atoms with Crippen molar-refractivity contribution in [2.24, 2.45) is 0 Å². The minimum absolute atomic E-state index is 0.366. The first-order chi connectivity index (χ1) is 8.60. The van der Waals surface area contributed by atoms with Crippen LogP contribution in [0, 0.1) is 4.64 Å². The van der Waals surface area contributed by atoms with E-state index in [-0.39, 0.29) is 5.60 Å². The number of nitrogens with zero attached hydrogens (tertiary/aromatic N) is 1. The quantitative estimate of drug-likeness (QED) is 0.670. The molecule has 1 atom stereocenters. The summed E-state index contributed by atoms with van der Waals surface area (Å²) >= 11 is 5.46. The number of fused-ring (bicyclic) bond motifs is 1. The van der Waals surface area contributed by atoms with Gasteiger partial charge in [-0.15, -0.1) is 0 Å². The minimum atomic E-state index is -0.366. The fraction of sp³-hybridized carbons (Fsp3) is 0.714. The Labute approximate surface area is 114 Å². The fourth-order valence-electron chi connectivity index (χ4n) is 2.45. The van der Waals surface area contributed by atoms with E-state index in [2.05, 4.69) is 23.8 Å². The van der Waals surface area contributed by atoms with Gasteiger partial charge in [0.1, 0.15) is 16.1 Å². The molecule has 1 aliphatic carbocycles. The van der Waals surface area contributed by atoms with Crippen LogP contribution in [0.3, 0.4) is 0 Å². The van der Waals surface area contributed by atoms with Crippen LogP contribution in [0.2, 0.25) is 0 Å². The molecule has 0 saturated carbocycles. The average molecular weight is 266 g/mol. The Morgan fingerprint density at radius 2 is 2.06 bits per heavy atom. The first-order valence-electron chi connectivity index (χ1n) is 6.78. The number of rotatable bonds is 3. The predicted octanol–water partition coefficient (Wildman–Crippen LogP) is 3.68. The second-order valence-electron chi connectivity index (χ2n) is 5.20. The highest BCUT2D eigenvalue weighted by atomic mass is 32.1. The van der Waals surface area contributed by atoms with Crippen LogP contribution < -0.4 is 0 Å². The van der Waals surface area contributed by atoms with Crippen LogP contribution in [-0.4, -0.2) is 17.1 Å². The van der Waals surface area contributed by atoms with E-state index >= 15 is 0 Å². The largest absolute Gasteiger partial charge is 0.371 e. The Morgan fingerprint density at radius 1 is 1.33 bits per heavy atom. The number of H-pyrrole nitrogens is 1. The topological polar surface area (TPSA) is 37.9 Å². The lowest BCUT2D eigenvalue weighted by molar-refractivity contribution is -0.00927. The Morgan fingerprint density at radius 3 is 2.72 bits per heavy atom. The maximum absolute atomic E-state index is 5.61. The smallest absolute Gasteiger partial charge is 0.140 e. The second-order valence-corrected chi connectivity index (χ2v) is 5.58. The van der Waals surface area contributed by atoms with Crippen molar-refractivity contribution < 1.29 is 4.74 Å². The molecule has 0 fully saturated rings. The lowest BCUT2D eigenvalue weighted by Crippen LogP contribution is -2.27. The van der Waals surface area contributed by atoms with Gasteiger partial charge in [0.15, 0.2) is 0 Å². The van der Waals surface area contributed by atoms with Gasteiger partial charge in [-0.25, -0.2) is 4.98 Å². The average Bonchev–Trinajstić information content (AvgIpc) is 2.63. The third-order valence-corrected chi connectivity index (χ3v) is 4.42. The molecule has 0 aromatic carbocycles. The van der Waals surface area contributed by atoms with Crippen molar-refractivity contribution in [3.8, 4) is 0 Å². The molecule has 100 valence electrons. The summed E-state index contributed by atoms with van der Waals surface area (Å²) in [4.78, 5) is 8.06. The molecule has 4 heteroatoms. The number of nitrogens with one attached hydrogen (secondary N) is 1. The van der Waals surface area contributed by atoms with Crippen LogP contribution in [-0.2, 0) is 23.2 Å². The first kappa shape index (κ1) is 13.7. The molecule has 0 radical (unpaired) electrons. The van der Waals surface area contributed by atoms with Crippen LogP contribution in [0.4, 0.5) is 0 Å². The van der Waals surface area contributed by atoms with E-state index in [4.69, 9.17) is 17.0 Å². The summed E-state index contributed by atoms with van der Waals surface area (Å²) in [5.41, 5.74) is 2.16. The summed E-state index contributed by atoms with van der Waals surface area (Å²) in [7, 11) is 1.73. The maximum atomic E-state index is 5.61. The summed E-state index contributed by atoms with van der Waals surface area (Å²) in [5, 5.41) is 0. The van der Waals surface area contributed by atoms with E-state index in [0.29, 0.717) is 0 Å². The zero-order valence-electron chi connectivity index (χ0n) is 11.5. The van der Waals surface area contributed by atoms with Gasteiger partial charge in [0.2, 0.25) is 0 Å². The number of aromatic amines is 1. The molecule has 0 saturated heterocycles. The maximum Gasteiger partial charge on any atom is 0.140 e. The van der Waals surface area contributed by atoms with Crippen molar-refractivity contribution in [1.29, 1.82) is 0 Å². The number of aromatic nitrogens is 2. The molecule has 1 heterocycles. The van der Waals surface area contributed by atoms with Gasteiger partial charge in [-0.3, -0.25) is 0 Å². The van der Waals surface area contributed by atoms with Gasteiger partial charge in [-0.2, -0.15) is 0 Å². The molecule has 0 bridgehead atoms. The number of hydrogen-bond donors (Lipinski definition) is 1. The van der Waals surface area contributed by atoms with Crippen LogP contribution >= 0.6 is 12.2 Å². The Bertz CT molecular complexity index is 477. The Hall–Kier alpha value is -0.740. The van der Waals surface area contributed by atoms with Crippen molar-refractivity contribution in [3.05, 3.63) is 21.7 Å². The summed E-state index contributed by atoms with van der Waals surface area (Å²) in [5.74, 6) is 0.873. The van der Waals surface area contributed by atoms with E-state index in [9.17, 15) is 0 Å². The molecular formula is C14H22N2OS. The summed E-state index contributed by atoms with van der Waals surface area (Å²) in [6, 6.07) is 0. The van der Waals surface area contributed by atoms with Gasteiger partial charge in [-0.05, 0) is 39.0 Å². The number of methoxy groups -OCH3 is 1. The van der Waals surface area contributed by atoms with E-state index in [1.54, 1.807) is 7.11 Å². The SMILES string of the molecule is CCC(C)(OC)c1nc(=S)c2c([nH]1)CCCCC2. The van der Waals surface area contributed by atoms with Gasteiger partial charge < -0.3 is 9.72 Å². The Kier molecular flexibility index (Phi) is 4.17. The summed E-state index contributed by atoms with van der Waals surface area (Å²) in [6.45, 7) is 4.16. The molecule has 2 rings (SSSR count). The molecule has 1 aliphatic rings.